The van der Waals surface area contributed by atoms with Gasteiger partial charge in [-0.1, -0.05) is 5.16 Å². The molecular formula is C20H15N5O3S. The topological polar surface area (TPSA) is 112 Å². The van der Waals surface area contributed by atoms with E-state index in [1.54, 1.807) is 54.9 Å². The molecular weight excluding hydrogens is 390 g/mol. The molecule has 8 nitrogen and oxygen atoms in total. The first-order valence-electron chi connectivity index (χ1n) is 8.72. The summed E-state index contributed by atoms with van der Waals surface area (Å²) in [6, 6.07) is 13.1. The maximum absolute atomic E-state index is 12.9. The average molecular weight is 405 g/mol. The highest BCUT2D eigenvalue weighted by atomic mass is 32.2. The lowest BCUT2D eigenvalue weighted by Gasteiger charge is -2.22. The number of aromatic nitrogens is 2. The highest BCUT2D eigenvalue weighted by Crippen LogP contribution is 2.26. The fraction of sp³-hybridized carbons (Fsp3) is 0.150. The molecule has 144 valence electrons. The van der Waals surface area contributed by atoms with Crippen LogP contribution in [0.2, 0.25) is 0 Å². The Morgan fingerprint density at radius 3 is 2.83 bits per heavy atom. The van der Waals surface area contributed by atoms with Crippen molar-refractivity contribution in [2.24, 2.45) is 0 Å². The summed E-state index contributed by atoms with van der Waals surface area (Å²) in [6.07, 6.45) is 3.26. The van der Waals surface area contributed by atoms with E-state index in [4.69, 9.17) is 9.78 Å². The van der Waals surface area contributed by atoms with Crippen LogP contribution in [0.15, 0.2) is 59.4 Å². The van der Waals surface area contributed by atoms with Crippen LogP contribution in [0.3, 0.4) is 0 Å². The minimum absolute atomic E-state index is 0.141. The predicted octanol–water partition coefficient (Wildman–Crippen LogP) is 2.76. The summed E-state index contributed by atoms with van der Waals surface area (Å²) < 4.78 is 5.27. The number of nitrogens with zero attached hydrogens (tertiary/aromatic N) is 4. The molecule has 1 fully saturated rings. The van der Waals surface area contributed by atoms with Gasteiger partial charge in [0, 0.05) is 35.5 Å². The molecule has 0 saturated carbocycles. The average Bonchev–Trinajstić information content (AvgIpc) is 3.44. The highest BCUT2D eigenvalue weighted by Gasteiger charge is 2.36. The number of hydrogen-bond donors (Lipinski definition) is 1. The Morgan fingerprint density at radius 1 is 1.28 bits per heavy atom. The van der Waals surface area contributed by atoms with Crippen molar-refractivity contribution in [3.05, 3.63) is 66.1 Å². The van der Waals surface area contributed by atoms with Gasteiger partial charge in [-0.3, -0.25) is 14.6 Å². The summed E-state index contributed by atoms with van der Waals surface area (Å²) in [5.41, 5.74) is 1.93. The van der Waals surface area contributed by atoms with E-state index in [1.165, 1.54) is 16.7 Å². The van der Waals surface area contributed by atoms with E-state index < -0.39 is 6.04 Å². The van der Waals surface area contributed by atoms with Gasteiger partial charge in [-0.05, 0) is 36.4 Å². The zero-order valence-corrected chi connectivity index (χ0v) is 15.9. The number of rotatable bonds is 4. The van der Waals surface area contributed by atoms with Crippen LogP contribution in [0, 0.1) is 11.3 Å². The van der Waals surface area contributed by atoms with Crippen molar-refractivity contribution < 1.29 is 14.1 Å². The normalized spacial score (nSPS) is 15.7. The molecule has 1 atom stereocenters. The molecule has 4 rings (SSSR count). The molecule has 2 amide bonds. The third-order valence-electron chi connectivity index (χ3n) is 4.40. The van der Waals surface area contributed by atoms with Crippen molar-refractivity contribution in [2.45, 2.75) is 6.04 Å². The van der Waals surface area contributed by atoms with Crippen LogP contribution in [0.25, 0.3) is 11.3 Å². The first-order valence-corrected chi connectivity index (χ1v) is 9.88. The van der Waals surface area contributed by atoms with Crippen LogP contribution in [0.1, 0.15) is 16.1 Å². The number of amides is 2. The largest absolute Gasteiger partial charge is 0.355 e. The van der Waals surface area contributed by atoms with Crippen molar-refractivity contribution in [1.82, 2.24) is 15.0 Å². The van der Waals surface area contributed by atoms with Crippen molar-refractivity contribution in [3.8, 4) is 17.4 Å². The van der Waals surface area contributed by atoms with Crippen LogP contribution < -0.4 is 5.32 Å². The smallest absolute Gasteiger partial charge is 0.277 e. The molecule has 9 heteroatoms. The third-order valence-corrected chi connectivity index (χ3v) is 5.41. The molecule has 1 saturated heterocycles. The maximum atomic E-state index is 12.9. The summed E-state index contributed by atoms with van der Waals surface area (Å²) in [5.74, 6) is 0.658. The van der Waals surface area contributed by atoms with E-state index in [0.717, 1.165) is 0 Å². The second-order valence-electron chi connectivity index (χ2n) is 6.29. The highest BCUT2D eigenvalue weighted by molar-refractivity contribution is 7.99. The molecule has 3 aromatic rings. The standard InChI is InChI=1S/C20H15N5O3S/c21-9-13-3-5-15(6-4-13)23-19(26)17-11-29-12-25(17)20(27)16-8-18(28-24-16)14-2-1-7-22-10-14/h1-8,10,17H,11-12H2,(H,23,26). The number of nitrogens with one attached hydrogen (secondary N) is 1. The Kier molecular flexibility index (Phi) is 5.27. The van der Waals surface area contributed by atoms with Crippen LogP contribution in [0.4, 0.5) is 5.69 Å². The van der Waals surface area contributed by atoms with Crippen molar-refractivity contribution in [2.75, 3.05) is 16.9 Å². The van der Waals surface area contributed by atoms with Crippen LogP contribution >= 0.6 is 11.8 Å². The molecule has 0 aliphatic carbocycles. The number of nitriles is 1. The van der Waals surface area contributed by atoms with E-state index >= 15 is 0 Å². The Labute approximate surface area is 170 Å². The van der Waals surface area contributed by atoms with Gasteiger partial charge in [0.25, 0.3) is 5.91 Å². The summed E-state index contributed by atoms with van der Waals surface area (Å²) in [6.45, 7) is 0. The van der Waals surface area contributed by atoms with Gasteiger partial charge in [-0.2, -0.15) is 5.26 Å². The van der Waals surface area contributed by atoms with Gasteiger partial charge in [0.1, 0.15) is 6.04 Å². The zero-order chi connectivity index (χ0) is 20.2. The number of hydrogen-bond acceptors (Lipinski definition) is 7. The SMILES string of the molecule is N#Cc1ccc(NC(=O)C2CSCN2C(=O)c2cc(-c3cccnc3)on2)cc1. The molecule has 1 unspecified atom stereocenters. The minimum atomic E-state index is -0.623. The second kappa shape index (κ2) is 8.16. The third kappa shape index (κ3) is 3.97. The van der Waals surface area contributed by atoms with Gasteiger partial charge >= 0.3 is 0 Å². The van der Waals surface area contributed by atoms with E-state index in [0.29, 0.717) is 34.2 Å². The van der Waals surface area contributed by atoms with E-state index in [1.807, 2.05) is 6.07 Å². The molecule has 2 aromatic heterocycles. The van der Waals surface area contributed by atoms with Gasteiger partial charge in [0.05, 0.1) is 17.5 Å². The molecule has 1 aliphatic heterocycles. The predicted molar refractivity (Wildman–Crippen MR) is 107 cm³/mol. The Balaban J connectivity index is 1.47. The Hall–Kier alpha value is -3.64. The fourth-order valence-electron chi connectivity index (χ4n) is 2.88. The Morgan fingerprint density at radius 2 is 2.10 bits per heavy atom. The molecule has 0 radical (unpaired) electrons. The first-order chi connectivity index (χ1) is 14.2. The maximum Gasteiger partial charge on any atom is 0.277 e. The number of thioether (sulfide) groups is 1. The van der Waals surface area contributed by atoms with E-state index in [2.05, 4.69) is 15.5 Å². The number of carbonyl (C=O) groups excluding carboxylic acids is 2. The van der Waals surface area contributed by atoms with Crippen LogP contribution in [-0.4, -0.2) is 44.5 Å². The van der Waals surface area contributed by atoms with Gasteiger partial charge < -0.3 is 14.7 Å². The quantitative estimate of drug-likeness (QED) is 0.710. The number of anilines is 1. The zero-order valence-electron chi connectivity index (χ0n) is 15.1. The molecule has 0 bridgehead atoms. The first kappa shape index (κ1) is 18.7. The molecule has 3 heterocycles. The Bertz CT molecular complexity index is 1080. The van der Waals surface area contributed by atoms with Gasteiger partial charge in [-0.25, -0.2) is 0 Å². The van der Waals surface area contributed by atoms with Crippen LogP contribution in [-0.2, 0) is 4.79 Å². The van der Waals surface area contributed by atoms with Crippen molar-refractivity contribution in [3.63, 3.8) is 0 Å². The summed E-state index contributed by atoms with van der Waals surface area (Å²) in [7, 11) is 0. The lowest BCUT2D eigenvalue weighted by atomic mass is 10.2. The molecule has 0 spiro atoms. The second-order valence-corrected chi connectivity index (χ2v) is 7.29. The van der Waals surface area contributed by atoms with Crippen molar-refractivity contribution in [1.29, 1.82) is 5.26 Å². The molecule has 29 heavy (non-hydrogen) atoms. The van der Waals surface area contributed by atoms with Gasteiger partial charge in [0.15, 0.2) is 11.5 Å². The number of pyridine rings is 1. The number of benzene rings is 1. The van der Waals surface area contributed by atoms with Crippen LogP contribution in [0.5, 0.6) is 0 Å². The summed E-state index contributed by atoms with van der Waals surface area (Å²) >= 11 is 1.49. The minimum Gasteiger partial charge on any atom is -0.355 e. The summed E-state index contributed by atoms with van der Waals surface area (Å²) in [4.78, 5) is 31.1. The van der Waals surface area contributed by atoms with E-state index in [9.17, 15) is 9.59 Å². The fourth-order valence-corrected chi connectivity index (χ4v) is 4.04. The lowest BCUT2D eigenvalue weighted by molar-refractivity contribution is -0.119. The van der Waals surface area contributed by atoms with Crippen molar-refractivity contribution >= 4 is 29.3 Å². The number of carbonyl (C=O) groups is 2. The van der Waals surface area contributed by atoms with E-state index in [-0.39, 0.29) is 17.5 Å². The summed E-state index contributed by atoms with van der Waals surface area (Å²) in [5, 5.41) is 15.5. The molecule has 1 aliphatic rings. The van der Waals surface area contributed by atoms with Gasteiger partial charge in [-0.15, -0.1) is 11.8 Å². The monoisotopic (exact) mass is 405 g/mol. The van der Waals surface area contributed by atoms with Gasteiger partial charge in [0.2, 0.25) is 5.91 Å². The lowest BCUT2D eigenvalue weighted by Crippen LogP contribution is -2.44. The molecule has 1 aromatic carbocycles. The molecule has 1 N–H and O–H groups in total.